The van der Waals surface area contributed by atoms with Crippen molar-refractivity contribution in [3.05, 3.63) is 404 Å². The molecule has 27 aromatic rings. The minimum absolute atomic E-state index is 0.289. The number of benzene rings is 17. The molecular formula is C122H84F3N9O5. The number of fused-ring (bicyclic) bond motifs is 24. The number of hydrogen-bond donors (Lipinski definition) is 0. The van der Waals surface area contributed by atoms with Gasteiger partial charge in [0.15, 0.2) is 5.58 Å². The fraction of sp³-hybridized carbons (Fsp3) is 0.0820. The molecule has 668 valence electrons. The van der Waals surface area contributed by atoms with E-state index < -0.39 is 11.7 Å². The first kappa shape index (κ1) is 81.0. The predicted octanol–water partition coefficient (Wildman–Crippen LogP) is 31.4. The Bertz CT molecular complexity index is 9370. The lowest BCUT2D eigenvalue weighted by molar-refractivity contribution is -0.137. The van der Waals surface area contributed by atoms with Crippen molar-refractivity contribution < 1.29 is 36.5 Å². The lowest BCUT2D eigenvalue weighted by Gasteiger charge is -2.29. The van der Waals surface area contributed by atoms with Crippen molar-refractivity contribution in [2.75, 3.05) is 26.4 Å². The van der Waals surface area contributed by atoms with Crippen LogP contribution in [0.3, 0.4) is 0 Å². The van der Waals surface area contributed by atoms with Gasteiger partial charge >= 0.3 is 6.18 Å². The largest absolute Gasteiger partial charge is 0.493 e. The van der Waals surface area contributed by atoms with Gasteiger partial charge in [0, 0.05) is 123 Å². The zero-order valence-corrected chi connectivity index (χ0v) is 75.8. The fourth-order valence-corrected chi connectivity index (χ4v) is 22.2. The highest BCUT2D eigenvalue weighted by Crippen LogP contribution is 2.52. The van der Waals surface area contributed by atoms with E-state index in [-0.39, 0.29) is 6.61 Å². The summed E-state index contributed by atoms with van der Waals surface area (Å²) in [5, 5.41) is 15.7. The molecule has 27 rings (SSSR count). The maximum atomic E-state index is 15.8. The number of nitrogens with zero attached hydrogens (tertiary/aromatic N) is 9. The maximum Gasteiger partial charge on any atom is 0.416 e. The van der Waals surface area contributed by atoms with Crippen LogP contribution < -0.4 is 18.9 Å². The Labute approximate surface area is 793 Å². The number of para-hydroxylation sites is 12. The first-order valence-electron chi connectivity index (χ1n) is 47.1. The Kier molecular flexibility index (Phi) is 18.5. The molecule has 0 unspecified atom stereocenters. The number of rotatable bonds is 20. The van der Waals surface area contributed by atoms with Crippen molar-refractivity contribution >= 4 is 175 Å². The van der Waals surface area contributed by atoms with Crippen molar-refractivity contribution in [1.29, 1.82) is 0 Å². The number of furan rings is 1. The van der Waals surface area contributed by atoms with Gasteiger partial charge in [0.25, 0.3) is 0 Å². The van der Waals surface area contributed by atoms with Crippen LogP contribution in [0.25, 0.3) is 226 Å². The van der Waals surface area contributed by atoms with Crippen molar-refractivity contribution in [2.24, 2.45) is 0 Å². The number of pyridine rings is 2. The summed E-state index contributed by atoms with van der Waals surface area (Å²) in [6, 6.07) is 131. The van der Waals surface area contributed by atoms with E-state index in [2.05, 4.69) is 349 Å². The van der Waals surface area contributed by atoms with Gasteiger partial charge in [0.2, 0.25) is 0 Å². The van der Waals surface area contributed by atoms with Crippen LogP contribution in [0.1, 0.15) is 35.1 Å². The standard InChI is InChI=1S/C122H84F3N9O5/c1-73-64-76(66-77(65-73)122(123,124)125)116-74(2)75(3)118(132-105-50-24-12-38-90(105)91-39-13-25-51-106(91)132)120(119(116)133-107-52-26-14-40-92(107)93-41-15-27-53-108(93)133)134-109-58-55-78(135-60-28-62-137-80-54-57-94-112(69-80)139-121-111(128-97-42-16-4-30-82(97)83-31-5-17-43-98(83)128)72-115(127-117(94)121)131-103-48-22-10-36-88(103)89-37-11-23-49-104(89)131)67-95(109)96-68-79(56-59-110(96)134)136-61-29-63-138-81-70-113(129-99-44-18-6-32-84(99)85-33-7-19-45-100(85)129)126-114(71-81)130-101-46-20-8-34-86(101)87-35-9-21-47-102(87)130/h4-27,30-59,64-72H,28-29,60-63H2,1-3H3. The van der Waals surface area contributed by atoms with E-state index in [0.717, 1.165) is 209 Å². The van der Waals surface area contributed by atoms with Crippen LogP contribution in [0.15, 0.2) is 387 Å². The number of alkyl halides is 3. The molecule has 0 saturated carbocycles. The van der Waals surface area contributed by atoms with Crippen LogP contribution in [0.2, 0.25) is 0 Å². The summed E-state index contributed by atoms with van der Waals surface area (Å²) in [5.74, 6) is 4.73. The van der Waals surface area contributed by atoms with Crippen LogP contribution in [0.4, 0.5) is 13.2 Å². The molecule has 10 heterocycles. The zero-order valence-electron chi connectivity index (χ0n) is 75.8. The summed E-state index contributed by atoms with van der Waals surface area (Å²) in [4.78, 5) is 11.1. The Morgan fingerprint density at radius 2 is 0.568 bits per heavy atom. The smallest absolute Gasteiger partial charge is 0.416 e. The molecule has 10 aromatic heterocycles. The predicted molar refractivity (Wildman–Crippen MR) is 558 cm³/mol. The molecule has 0 amide bonds. The Hall–Kier alpha value is -17.6. The molecule has 0 N–H and O–H groups in total. The molecule has 0 bridgehead atoms. The van der Waals surface area contributed by atoms with Crippen LogP contribution in [0, 0.1) is 20.8 Å². The average Bonchev–Trinajstić information content (AvgIpc) is 1.56. The second-order valence-electron chi connectivity index (χ2n) is 36.2. The zero-order chi connectivity index (χ0) is 92.6. The molecule has 0 saturated heterocycles. The van der Waals surface area contributed by atoms with E-state index in [1.165, 1.54) is 12.1 Å². The third-order valence-electron chi connectivity index (χ3n) is 28.2. The Morgan fingerprint density at radius 3 is 0.942 bits per heavy atom. The summed E-state index contributed by atoms with van der Waals surface area (Å²) in [7, 11) is 0. The van der Waals surface area contributed by atoms with Crippen molar-refractivity contribution in [2.45, 2.75) is 39.8 Å². The fourth-order valence-electron chi connectivity index (χ4n) is 22.2. The summed E-state index contributed by atoms with van der Waals surface area (Å²) >= 11 is 0. The maximum absolute atomic E-state index is 15.8. The van der Waals surface area contributed by atoms with Crippen molar-refractivity contribution in [3.8, 4) is 74.3 Å². The summed E-state index contributed by atoms with van der Waals surface area (Å²) in [6.45, 7) is 7.15. The molecule has 0 spiro atoms. The van der Waals surface area contributed by atoms with E-state index in [0.29, 0.717) is 89.2 Å². The average molecular weight is 1810 g/mol. The third-order valence-corrected chi connectivity index (χ3v) is 28.2. The molecule has 0 aliphatic heterocycles. The quantitative estimate of drug-likeness (QED) is 0.0699. The first-order valence-corrected chi connectivity index (χ1v) is 47.1. The highest BCUT2D eigenvalue weighted by atomic mass is 19.4. The molecular weight excluding hydrogens is 1730 g/mol. The van der Waals surface area contributed by atoms with Gasteiger partial charge in [-0.05, 0) is 176 Å². The number of ether oxygens (including phenoxy) is 4. The van der Waals surface area contributed by atoms with E-state index in [1.807, 2.05) is 66.7 Å². The van der Waals surface area contributed by atoms with Crippen molar-refractivity contribution in [1.82, 2.24) is 41.9 Å². The van der Waals surface area contributed by atoms with Gasteiger partial charge in [0.05, 0.1) is 132 Å². The van der Waals surface area contributed by atoms with Gasteiger partial charge in [-0.25, -0.2) is 9.97 Å². The summed E-state index contributed by atoms with van der Waals surface area (Å²) in [6.07, 6.45) is -3.65. The van der Waals surface area contributed by atoms with Gasteiger partial charge in [0.1, 0.15) is 51.6 Å². The van der Waals surface area contributed by atoms with Gasteiger partial charge in [-0.3, -0.25) is 13.7 Å². The second kappa shape index (κ2) is 31.8. The minimum Gasteiger partial charge on any atom is -0.493 e. The lowest BCUT2D eigenvalue weighted by atomic mass is 9.89. The van der Waals surface area contributed by atoms with E-state index in [9.17, 15) is 0 Å². The van der Waals surface area contributed by atoms with Gasteiger partial charge in [-0.1, -0.05) is 224 Å². The Morgan fingerprint density at radius 1 is 0.259 bits per heavy atom. The van der Waals surface area contributed by atoms with Crippen LogP contribution in [0.5, 0.6) is 23.0 Å². The second-order valence-corrected chi connectivity index (χ2v) is 36.2. The Balaban J connectivity index is 0.582. The lowest BCUT2D eigenvalue weighted by Crippen LogP contribution is -2.14. The number of hydrogen-bond acceptors (Lipinski definition) is 7. The molecule has 0 atom stereocenters. The number of aromatic nitrogens is 9. The molecule has 0 radical (unpaired) electrons. The van der Waals surface area contributed by atoms with Crippen LogP contribution in [-0.4, -0.2) is 68.4 Å². The monoisotopic (exact) mass is 1810 g/mol. The van der Waals surface area contributed by atoms with E-state index in [1.54, 1.807) is 6.92 Å². The third kappa shape index (κ3) is 12.8. The van der Waals surface area contributed by atoms with Crippen molar-refractivity contribution in [3.63, 3.8) is 0 Å². The van der Waals surface area contributed by atoms with E-state index in [4.69, 9.17) is 33.3 Å². The number of aryl methyl sites for hydroxylation is 1. The van der Waals surface area contributed by atoms with Gasteiger partial charge in [-0.2, -0.15) is 13.2 Å². The highest BCUT2D eigenvalue weighted by molar-refractivity contribution is 6.19. The van der Waals surface area contributed by atoms with Gasteiger partial charge < -0.3 is 41.6 Å². The summed E-state index contributed by atoms with van der Waals surface area (Å²) in [5.41, 5.74) is 21.3. The SMILES string of the molecule is Cc1cc(-c2c(C)c(C)c(-n3c4ccccc4c4ccccc43)c(-n3c4ccc(OCCCOc5cc(-n6c7ccccc7c7ccccc76)nc(-n6c7ccccc7c7ccccc76)c5)cc4c4cc(OCCCOc5ccc6c(c5)oc5c(-n7c8ccccc8c8ccccc87)cc(-n7c8ccccc8c8ccccc87)nc56)ccc43)c2-n2c3ccccc3c3ccccc32)cc(C(F)(F)F)c1. The summed E-state index contributed by atoms with van der Waals surface area (Å²) < 4.78 is 98.2. The molecule has 0 aliphatic carbocycles. The van der Waals surface area contributed by atoms with Crippen LogP contribution >= 0.6 is 0 Å². The minimum atomic E-state index is -4.66. The molecule has 0 fully saturated rings. The molecule has 0 aliphatic rings. The number of halogens is 3. The topological polar surface area (TPSA) is 110 Å². The highest BCUT2D eigenvalue weighted by Gasteiger charge is 2.36. The van der Waals surface area contributed by atoms with Gasteiger partial charge in [-0.15, -0.1) is 0 Å². The molecule has 139 heavy (non-hydrogen) atoms. The van der Waals surface area contributed by atoms with E-state index >= 15 is 13.2 Å². The molecule has 17 aromatic carbocycles. The normalized spacial score (nSPS) is 12.3. The first-order chi connectivity index (χ1) is 68.4. The molecule has 14 nitrogen and oxygen atoms in total. The van der Waals surface area contributed by atoms with Crippen LogP contribution in [-0.2, 0) is 6.18 Å². The molecule has 17 heteroatoms.